The third-order valence-electron chi connectivity index (χ3n) is 3.25. The van der Waals surface area contributed by atoms with Crippen molar-refractivity contribution in [2.75, 3.05) is 11.1 Å². The van der Waals surface area contributed by atoms with Crippen molar-refractivity contribution in [3.05, 3.63) is 66.5 Å². The maximum atomic E-state index is 12.1. The fourth-order valence-corrected chi connectivity index (χ4v) is 2.23. The van der Waals surface area contributed by atoms with E-state index in [-0.39, 0.29) is 12.3 Å². The average Bonchev–Trinajstić information content (AvgIpc) is 2.50. The van der Waals surface area contributed by atoms with Gasteiger partial charge in [-0.15, -0.1) is 0 Å². The number of rotatable bonds is 3. The zero-order valence-electron chi connectivity index (χ0n) is 11.4. The maximum Gasteiger partial charge on any atom is 0.230 e. The molecule has 0 saturated carbocycles. The quantitative estimate of drug-likeness (QED) is 0.773. The first-order valence-corrected chi connectivity index (χ1v) is 6.70. The summed E-state index contributed by atoms with van der Waals surface area (Å²) in [7, 11) is 0. The molecule has 21 heavy (non-hydrogen) atoms. The van der Waals surface area contributed by atoms with E-state index in [1.165, 1.54) is 0 Å². The van der Waals surface area contributed by atoms with E-state index >= 15 is 0 Å². The first kappa shape index (κ1) is 13.1. The van der Waals surface area contributed by atoms with Crippen LogP contribution in [0.5, 0.6) is 0 Å². The molecule has 0 fully saturated rings. The largest absolute Gasteiger partial charge is 0.397 e. The van der Waals surface area contributed by atoms with Crippen LogP contribution in [0.4, 0.5) is 11.4 Å². The fraction of sp³-hybridized carbons (Fsp3) is 0.0588. The highest BCUT2D eigenvalue weighted by atomic mass is 16.1. The summed E-state index contributed by atoms with van der Waals surface area (Å²) in [6.45, 7) is 0. The molecule has 0 aliphatic rings. The minimum atomic E-state index is -0.0939. The number of aromatic nitrogens is 1. The van der Waals surface area contributed by atoms with E-state index in [4.69, 9.17) is 5.73 Å². The zero-order valence-corrected chi connectivity index (χ0v) is 11.4. The lowest BCUT2D eigenvalue weighted by Gasteiger charge is -2.08. The number of pyridine rings is 1. The summed E-state index contributed by atoms with van der Waals surface area (Å²) in [5, 5.41) is 5.06. The van der Waals surface area contributed by atoms with Crippen molar-refractivity contribution in [3.8, 4) is 0 Å². The summed E-state index contributed by atoms with van der Waals surface area (Å²) in [5.74, 6) is -0.0939. The Labute approximate surface area is 122 Å². The number of fused-ring (bicyclic) bond motifs is 1. The van der Waals surface area contributed by atoms with E-state index < -0.39 is 0 Å². The number of benzene rings is 2. The van der Waals surface area contributed by atoms with Crippen molar-refractivity contribution in [2.45, 2.75) is 6.42 Å². The van der Waals surface area contributed by atoms with Gasteiger partial charge in [-0.2, -0.15) is 0 Å². The lowest BCUT2D eigenvalue weighted by molar-refractivity contribution is -0.115. The molecule has 0 aliphatic heterocycles. The summed E-state index contributed by atoms with van der Waals surface area (Å²) < 4.78 is 0. The third kappa shape index (κ3) is 3.00. The Morgan fingerprint density at radius 2 is 1.86 bits per heavy atom. The van der Waals surface area contributed by atoms with Gasteiger partial charge in [0.25, 0.3) is 0 Å². The number of nitrogens with zero attached hydrogens (tertiary/aromatic N) is 1. The molecule has 0 radical (unpaired) electrons. The van der Waals surface area contributed by atoms with Gasteiger partial charge in [0.15, 0.2) is 0 Å². The smallest absolute Gasteiger partial charge is 0.230 e. The topological polar surface area (TPSA) is 68.0 Å². The number of hydrogen-bond donors (Lipinski definition) is 2. The van der Waals surface area contributed by atoms with E-state index in [9.17, 15) is 4.79 Å². The molecule has 0 unspecified atom stereocenters. The van der Waals surface area contributed by atoms with Gasteiger partial charge in [-0.05, 0) is 23.6 Å². The summed E-state index contributed by atoms with van der Waals surface area (Å²) in [6.07, 6.45) is 1.78. The molecule has 3 N–H and O–H groups in total. The molecule has 0 aliphatic carbocycles. The van der Waals surface area contributed by atoms with Gasteiger partial charge in [-0.25, -0.2) is 0 Å². The molecule has 1 heterocycles. The van der Waals surface area contributed by atoms with E-state index in [0.717, 1.165) is 16.5 Å². The van der Waals surface area contributed by atoms with Gasteiger partial charge in [0.2, 0.25) is 5.91 Å². The Morgan fingerprint density at radius 1 is 1.05 bits per heavy atom. The second kappa shape index (κ2) is 5.63. The van der Waals surface area contributed by atoms with Gasteiger partial charge < -0.3 is 11.1 Å². The number of carbonyl (C=O) groups is 1. The van der Waals surface area contributed by atoms with Gasteiger partial charge >= 0.3 is 0 Å². The maximum absolute atomic E-state index is 12.1. The van der Waals surface area contributed by atoms with Gasteiger partial charge in [0.1, 0.15) is 0 Å². The van der Waals surface area contributed by atoms with Gasteiger partial charge in [-0.1, -0.05) is 36.4 Å². The lowest BCUT2D eigenvalue weighted by Crippen LogP contribution is -2.15. The number of nitrogens with two attached hydrogens (primary N) is 1. The first-order valence-electron chi connectivity index (χ1n) is 6.70. The molecule has 0 saturated heterocycles. The van der Waals surface area contributed by atoms with Gasteiger partial charge in [0, 0.05) is 16.8 Å². The number of nitrogen functional groups attached to an aromatic ring is 1. The lowest BCUT2D eigenvalue weighted by atomic mass is 10.1. The molecule has 0 bridgehead atoms. The molecule has 104 valence electrons. The molecule has 3 rings (SSSR count). The van der Waals surface area contributed by atoms with E-state index in [1.54, 1.807) is 18.3 Å². The number of carbonyl (C=O) groups excluding carboxylic acids is 1. The molecule has 4 heteroatoms. The predicted octanol–water partition coefficient (Wildman–Crippen LogP) is 3.00. The van der Waals surface area contributed by atoms with Gasteiger partial charge in [0.05, 0.1) is 18.3 Å². The second-order valence-electron chi connectivity index (χ2n) is 4.83. The molecule has 1 aromatic heterocycles. The molecular formula is C17H15N3O. The zero-order chi connectivity index (χ0) is 14.7. The number of nitrogens with one attached hydrogen (secondary N) is 1. The summed E-state index contributed by atoms with van der Waals surface area (Å²) in [4.78, 5) is 16.3. The molecule has 3 aromatic rings. The molecule has 0 spiro atoms. The molecule has 0 atom stereocenters. The number of anilines is 2. The van der Waals surface area contributed by atoms with Crippen LogP contribution in [0.2, 0.25) is 0 Å². The van der Waals surface area contributed by atoms with Crippen molar-refractivity contribution in [1.82, 2.24) is 4.98 Å². The Kier molecular flexibility index (Phi) is 3.51. The predicted molar refractivity (Wildman–Crippen MR) is 84.9 cm³/mol. The second-order valence-corrected chi connectivity index (χ2v) is 4.83. The summed E-state index contributed by atoms with van der Waals surface area (Å²) >= 11 is 0. The van der Waals surface area contributed by atoms with Crippen LogP contribution in [-0.4, -0.2) is 10.9 Å². The van der Waals surface area contributed by atoms with Crippen molar-refractivity contribution >= 4 is 28.1 Å². The van der Waals surface area contributed by atoms with Crippen LogP contribution in [0.1, 0.15) is 5.69 Å². The van der Waals surface area contributed by atoms with Crippen LogP contribution in [0.15, 0.2) is 60.8 Å². The molecule has 4 nitrogen and oxygen atoms in total. The Bertz CT molecular complexity index is 776. The molecule has 2 aromatic carbocycles. The van der Waals surface area contributed by atoms with Crippen LogP contribution in [0.3, 0.4) is 0 Å². The Morgan fingerprint density at radius 3 is 2.67 bits per heavy atom. The third-order valence-corrected chi connectivity index (χ3v) is 3.25. The Hall–Kier alpha value is -2.88. The summed E-state index contributed by atoms with van der Waals surface area (Å²) in [5.41, 5.74) is 7.68. The van der Waals surface area contributed by atoms with Crippen LogP contribution >= 0.6 is 0 Å². The van der Waals surface area contributed by atoms with E-state index in [0.29, 0.717) is 11.4 Å². The highest BCUT2D eigenvalue weighted by Crippen LogP contribution is 2.23. The van der Waals surface area contributed by atoms with Crippen LogP contribution in [0, 0.1) is 0 Å². The van der Waals surface area contributed by atoms with E-state index in [1.807, 2.05) is 42.5 Å². The van der Waals surface area contributed by atoms with Crippen LogP contribution < -0.4 is 11.1 Å². The monoisotopic (exact) mass is 277 g/mol. The highest BCUT2D eigenvalue weighted by Gasteiger charge is 2.07. The molecule has 1 amide bonds. The van der Waals surface area contributed by atoms with Crippen molar-refractivity contribution in [3.63, 3.8) is 0 Å². The highest BCUT2D eigenvalue weighted by molar-refractivity contribution is 6.02. The molecular weight excluding hydrogens is 262 g/mol. The SMILES string of the molecule is Nc1ccc(CC(=O)Nc2cccc3ccccc23)nc1. The summed E-state index contributed by atoms with van der Waals surface area (Å²) in [6, 6.07) is 17.3. The minimum Gasteiger partial charge on any atom is -0.397 e. The standard InChI is InChI=1S/C17H15N3O/c18-13-8-9-14(19-11-13)10-17(21)20-16-7-3-5-12-4-1-2-6-15(12)16/h1-9,11H,10,18H2,(H,20,21). The van der Waals surface area contributed by atoms with E-state index in [2.05, 4.69) is 10.3 Å². The van der Waals surface area contributed by atoms with Crippen LogP contribution in [-0.2, 0) is 11.2 Å². The van der Waals surface area contributed by atoms with Gasteiger partial charge in [-0.3, -0.25) is 9.78 Å². The Balaban J connectivity index is 1.79. The van der Waals surface area contributed by atoms with Crippen molar-refractivity contribution in [2.24, 2.45) is 0 Å². The first-order chi connectivity index (χ1) is 10.2. The van der Waals surface area contributed by atoms with Crippen molar-refractivity contribution < 1.29 is 4.79 Å². The van der Waals surface area contributed by atoms with Crippen molar-refractivity contribution in [1.29, 1.82) is 0 Å². The fourth-order valence-electron chi connectivity index (χ4n) is 2.23. The normalized spacial score (nSPS) is 10.5. The van der Waals surface area contributed by atoms with Crippen LogP contribution in [0.25, 0.3) is 10.8 Å². The average molecular weight is 277 g/mol. The number of amides is 1. The minimum absolute atomic E-state index is 0.0939. The number of hydrogen-bond acceptors (Lipinski definition) is 3.